The first-order chi connectivity index (χ1) is 8.60. The Morgan fingerprint density at radius 3 is 2.94 bits per heavy atom. The summed E-state index contributed by atoms with van der Waals surface area (Å²) in [5.74, 6) is 0.738. The molecule has 18 heavy (non-hydrogen) atoms. The van der Waals surface area contributed by atoms with Crippen molar-refractivity contribution in [3.8, 4) is 0 Å². The van der Waals surface area contributed by atoms with Crippen LogP contribution in [0.1, 0.15) is 11.1 Å². The molecule has 0 aromatic carbocycles. The molecule has 0 fully saturated rings. The number of nitrogens with zero attached hydrogens (tertiary/aromatic N) is 2. The van der Waals surface area contributed by atoms with Gasteiger partial charge in [0.1, 0.15) is 5.82 Å². The van der Waals surface area contributed by atoms with Crippen molar-refractivity contribution in [1.29, 1.82) is 0 Å². The number of aryl methyl sites for hydroxylation is 1. The molecular weight excluding hydrogens is 232 g/mol. The maximum absolute atomic E-state index is 11.6. The molecule has 0 bridgehead atoms. The third-order valence-corrected chi connectivity index (χ3v) is 2.62. The Kier molecular flexibility index (Phi) is 3.27. The number of rotatable bonds is 3. The summed E-state index contributed by atoms with van der Waals surface area (Å²) in [4.78, 5) is 29.3. The van der Waals surface area contributed by atoms with Crippen LogP contribution in [0, 0.1) is 6.92 Å². The van der Waals surface area contributed by atoms with Crippen molar-refractivity contribution in [2.45, 2.75) is 13.5 Å². The average Bonchev–Trinajstić information content (AvgIpc) is 2.36. The lowest BCUT2D eigenvalue weighted by molar-refractivity contribution is 0.713. The minimum atomic E-state index is -0.409. The summed E-state index contributed by atoms with van der Waals surface area (Å²) in [5, 5.41) is 2.93. The summed E-state index contributed by atoms with van der Waals surface area (Å²) < 4.78 is 1.46. The molecule has 2 aromatic rings. The summed E-state index contributed by atoms with van der Waals surface area (Å²) in [6.07, 6.45) is 3.23. The van der Waals surface area contributed by atoms with E-state index in [1.54, 1.807) is 26.4 Å². The molecule has 2 rings (SSSR count). The summed E-state index contributed by atoms with van der Waals surface area (Å²) in [7, 11) is 1.78. The van der Waals surface area contributed by atoms with Crippen molar-refractivity contribution in [2.24, 2.45) is 0 Å². The van der Waals surface area contributed by atoms with Gasteiger partial charge in [-0.2, -0.15) is 0 Å². The van der Waals surface area contributed by atoms with Crippen LogP contribution in [0.4, 0.5) is 5.82 Å². The summed E-state index contributed by atoms with van der Waals surface area (Å²) >= 11 is 0. The van der Waals surface area contributed by atoms with E-state index >= 15 is 0 Å². The minimum absolute atomic E-state index is 0.345. The van der Waals surface area contributed by atoms with Gasteiger partial charge in [-0.1, -0.05) is 0 Å². The topological polar surface area (TPSA) is 79.8 Å². The van der Waals surface area contributed by atoms with Crippen LogP contribution in [-0.4, -0.2) is 21.6 Å². The molecule has 0 aliphatic carbocycles. The van der Waals surface area contributed by atoms with Gasteiger partial charge >= 0.3 is 5.69 Å². The first-order valence-electron chi connectivity index (χ1n) is 5.53. The molecule has 0 saturated heterocycles. The normalized spacial score (nSPS) is 10.3. The second-order valence-electron chi connectivity index (χ2n) is 4.00. The fraction of sp³-hybridized carbons (Fsp3) is 0.250. The monoisotopic (exact) mass is 246 g/mol. The van der Waals surface area contributed by atoms with Crippen LogP contribution < -0.4 is 16.6 Å². The number of nitrogens with one attached hydrogen (secondary N) is 2. The van der Waals surface area contributed by atoms with Crippen LogP contribution >= 0.6 is 0 Å². The zero-order chi connectivity index (χ0) is 13.1. The molecular formula is C12H14N4O2. The zero-order valence-electron chi connectivity index (χ0n) is 10.2. The summed E-state index contributed by atoms with van der Waals surface area (Å²) in [6.45, 7) is 2.06. The van der Waals surface area contributed by atoms with Crippen molar-refractivity contribution in [2.75, 3.05) is 12.4 Å². The van der Waals surface area contributed by atoms with Gasteiger partial charge < -0.3 is 5.32 Å². The van der Waals surface area contributed by atoms with Gasteiger partial charge in [0.2, 0.25) is 0 Å². The molecule has 0 saturated carbocycles. The maximum Gasteiger partial charge on any atom is 0.328 e. The minimum Gasteiger partial charge on any atom is -0.373 e. The number of hydrogen-bond donors (Lipinski definition) is 2. The first kappa shape index (κ1) is 12.1. The Bertz CT molecular complexity index is 672. The van der Waals surface area contributed by atoms with Crippen LogP contribution in [0.2, 0.25) is 0 Å². The van der Waals surface area contributed by atoms with Crippen LogP contribution in [0.15, 0.2) is 34.1 Å². The second-order valence-corrected chi connectivity index (χ2v) is 4.00. The van der Waals surface area contributed by atoms with E-state index in [2.05, 4.69) is 15.3 Å². The fourth-order valence-electron chi connectivity index (χ4n) is 1.64. The Morgan fingerprint density at radius 1 is 1.44 bits per heavy atom. The average molecular weight is 246 g/mol. The molecule has 0 amide bonds. The van der Waals surface area contributed by atoms with Gasteiger partial charge in [0.25, 0.3) is 5.56 Å². The molecule has 6 heteroatoms. The third kappa shape index (κ3) is 2.48. The van der Waals surface area contributed by atoms with Gasteiger partial charge in [0, 0.05) is 25.0 Å². The smallest absolute Gasteiger partial charge is 0.328 e. The van der Waals surface area contributed by atoms with Gasteiger partial charge in [0.15, 0.2) is 0 Å². The summed E-state index contributed by atoms with van der Waals surface area (Å²) in [5.41, 5.74) is 0.690. The molecule has 2 aromatic heterocycles. The molecule has 0 aliphatic heterocycles. The number of aromatic nitrogens is 3. The van der Waals surface area contributed by atoms with Gasteiger partial charge in [-0.3, -0.25) is 14.3 Å². The first-order valence-corrected chi connectivity index (χ1v) is 5.53. The molecule has 0 unspecified atom stereocenters. The highest BCUT2D eigenvalue weighted by Crippen LogP contribution is 2.06. The number of H-pyrrole nitrogens is 1. The molecule has 0 spiro atoms. The Balaban J connectivity index is 2.36. The van der Waals surface area contributed by atoms with Crippen LogP contribution in [0.3, 0.4) is 0 Å². The van der Waals surface area contributed by atoms with Crippen LogP contribution in [0.25, 0.3) is 0 Å². The zero-order valence-corrected chi connectivity index (χ0v) is 10.2. The molecule has 0 radical (unpaired) electrons. The van der Waals surface area contributed by atoms with E-state index in [4.69, 9.17) is 0 Å². The van der Waals surface area contributed by atoms with Gasteiger partial charge in [0.05, 0.1) is 6.54 Å². The number of anilines is 1. The number of aromatic amines is 1. The highest BCUT2D eigenvalue weighted by atomic mass is 16.2. The second kappa shape index (κ2) is 4.87. The molecule has 2 heterocycles. The fourth-order valence-corrected chi connectivity index (χ4v) is 1.64. The lowest BCUT2D eigenvalue weighted by atomic mass is 10.2. The van der Waals surface area contributed by atoms with E-state index in [9.17, 15) is 9.59 Å². The van der Waals surface area contributed by atoms with E-state index < -0.39 is 5.69 Å². The third-order valence-electron chi connectivity index (χ3n) is 2.62. The van der Waals surface area contributed by atoms with Crippen molar-refractivity contribution in [3.63, 3.8) is 0 Å². The van der Waals surface area contributed by atoms with E-state index in [1.807, 2.05) is 12.1 Å². The molecule has 6 nitrogen and oxygen atoms in total. The quantitative estimate of drug-likeness (QED) is 0.818. The van der Waals surface area contributed by atoms with Crippen molar-refractivity contribution < 1.29 is 0 Å². The van der Waals surface area contributed by atoms with Crippen LogP contribution in [-0.2, 0) is 6.54 Å². The molecule has 2 N–H and O–H groups in total. The summed E-state index contributed by atoms with van der Waals surface area (Å²) in [6, 6.07) is 3.68. The van der Waals surface area contributed by atoms with Crippen molar-refractivity contribution in [3.05, 3.63) is 56.5 Å². The van der Waals surface area contributed by atoms with E-state index in [-0.39, 0.29) is 5.56 Å². The van der Waals surface area contributed by atoms with Crippen LogP contribution in [0.5, 0.6) is 0 Å². The highest BCUT2D eigenvalue weighted by Gasteiger charge is 2.02. The van der Waals surface area contributed by atoms with E-state index in [0.717, 1.165) is 11.4 Å². The number of pyridine rings is 1. The molecule has 94 valence electrons. The largest absolute Gasteiger partial charge is 0.373 e. The Morgan fingerprint density at radius 2 is 2.22 bits per heavy atom. The van der Waals surface area contributed by atoms with Gasteiger partial charge in [-0.15, -0.1) is 0 Å². The van der Waals surface area contributed by atoms with E-state index in [1.165, 1.54) is 4.57 Å². The lowest BCUT2D eigenvalue weighted by Crippen LogP contribution is -2.31. The maximum atomic E-state index is 11.6. The predicted molar refractivity (Wildman–Crippen MR) is 68.9 cm³/mol. The lowest BCUT2D eigenvalue weighted by Gasteiger charge is -2.07. The standard InChI is InChI=1S/C12H14N4O2/c1-8-6-16(12(18)15-11(8)17)7-9-3-4-14-10(5-9)13-2/h3-6H,7H2,1-2H3,(H,13,14)(H,15,17,18). The predicted octanol–water partition coefficient (Wildman–Crippen LogP) is 0.330. The number of hydrogen-bond acceptors (Lipinski definition) is 4. The SMILES string of the molecule is CNc1cc(Cn2cc(C)c(=O)[nH]c2=O)ccn1. The van der Waals surface area contributed by atoms with Gasteiger partial charge in [-0.25, -0.2) is 9.78 Å². The Hall–Kier alpha value is -2.37. The van der Waals surface area contributed by atoms with Gasteiger partial charge in [-0.05, 0) is 24.6 Å². The Labute approximate surface area is 103 Å². The van der Waals surface area contributed by atoms with Crippen molar-refractivity contribution in [1.82, 2.24) is 14.5 Å². The molecule has 0 aliphatic rings. The highest BCUT2D eigenvalue weighted by molar-refractivity contribution is 5.36. The molecule has 0 atom stereocenters. The van der Waals surface area contributed by atoms with Crippen molar-refractivity contribution >= 4 is 5.82 Å². The van der Waals surface area contributed by atoms with E-state index in [0.29, 0.717) is 12.1 Å².